The molecule has 1 saturated carbocycles. The minimum absolute atomic E-state index is 0.0107. The topological polar surface area (TPSA) is 116 Å². The van der Waals surface area contributed by atoms with Crippen LogP contribution in [0.4, 0.5) is 10.5 Å². The average molecular weight is 605 g/mol. The molecule has 3 fully saturated rings. The fraction of sp³-hybridized carbons (Fsp3) is 0.529. The summed E-state index contributed by atoms with van der Waals surface area (Å²) in [5.41, 5.74) is 0.407. The van der Waals surface area contributed by atoms with Gasteiger partial charge in [-0.25, -0.2) is 4.79 Å². The zero-order valence-electron chi connectivity index (χ0n) is 25.4. The highest BCUT2D eigenvalue weighted by molar-refractivity contribution is 5.79. The molecule has 0 aromatic heterocycles. The summed E-state index contributed by atoms with van der Waals surface area (Å²) in [4.78, 5) is 43.0. The van der Waals surface area contributed by atoms with Gasteiger partial charge >= 0.3 is 6.09 Å². The Morgan fingerprint density at radius 2 is 1.73 bits per heavy atom. The fourth-order valence-corrected chi connectivity index (χ4v) is 7.12. The summed E-state index contributed by atoms with van der Waals surface area (Å²) >= 11 is 0. The predicted molar refractivity (Wildman–Crippen MR) is 167 cm³/mol. The van der Waals surface area contributed by atoms with E-state index in [2.05, 4.69) is 11.5 Å². The second-order valence-electron chi connectivity index (χ2n) is 12.5. The lowest BCUT2D eigenvalue weighted by atomic mass is 9.83. The number of hydrogen-bond acceptors (Lipinski definition) is 7. The number of nitro benzene ring substituents is 1. The van der Waals surface area contributed by atoms with Crippen molar-refractivity contribution in [3.63, 3.8) is 0 Å². The van der Waals surface area contributed by atoms with Crippen molar-refractivity contribution >= 4 is 17.7 Å². The summed E-state index contributed by atoms with van der Waals surface area (Å²) in [5.74, 6) is 0.131. The molecule has 5 rings (SSSR count). The second kappa shape index (κ2) is 14.3. The third-order valence-corrected chi connectivity index (χ3v) is 9.63. The first-order chi connectivity index (χ1) is 21.3. The molecule has 2 saturated heterocycles. The third-order valence-electron chi connectivity index (χ3n) is 9.63. The summed E-state index contributed by atoms with van der Waals surface area (Å²) in [6.07, 6.45) is 8.02. The molecule has 236 valence electrons. The smallest absolute Gasteiger partial charge is 0.410 e. The summed E-state index contributed by atoms with van der Waals surface area (Å²) in [7, 11) is 0. The number of β-amino-alcohol motifs (C(OH)–C–C–N with tert-alkyl or cyclic N) is 1. The van der Waals surface area contributed by atoms with Crippen LogP contribution in [0.3, 0.4) is 0 Å². The Balaban J connectivity index is 1.19. The van der Waals surface area contributed by atoms with Gasteiger partial charge in [-0.3, -0.25) is 14.9 Å². The van der Waals surface area contributed by atoms with Crippen LogP contribution in [-0.4, -0.2) is 82.0 Å². The standard InChI is InChI=1S/C34H44N4O6/c1-2-19-37(33(40)44-24-26-13-15-31(16-14-26)38(42)43)30-17-20-35(21-18-30)22-29-23-36(32(39)27-9-5-3-6-10-27)25-34(29,41)28-11-7-4-8-12-28/h2,4,7-8,11-16,27,29-30,41H,1,3,5-6,9-10,17-25H2/t29-,34-/m1/s1. The van der Waals surface area contributed by atoms with Gasteiger partial charge in [-0.15, -0.1) is 6.58 Å². The number of nitrogens with zero attached hydrogens (tertiary/aromatic N) is 4. The largest absolute Gasteiger partial charge is 0.445 e. The van der Waals surface area contributed by atoms with Crippen LogP contribution in [0.2, 0.25) is 0 Å². The van der Waals surface area contributed by atoms with Gasteiger partial charge in [0.25, 0.3) is 5.69 Å². The Morgan fingerprint density at radius 1 is 1.05 bits per heavy atom. The van der Waals surface area contributed by atoms with E-state index in [0.717, 1.165) is 57.2 Å². The van der Waals surface area contributed by atoms with Gasteiger partial charge in [-0.1, -0.05) is 55.7 Å². The Morgan fingerprint density at radius 3 is 2.36 bits per heavy atom. The molecule has 0 radical (unpaired) electrons. The van der Waals surface area contributed by atoms with Gasteiger partial charge in [-0.2, -0.15) is 0 Å². The van der Waals surface area contributed by atoms with Crippen LogP contribution in [0.5, 0.6) is 0 Å². The number of nitro groups is 1. The zero-order chi connectivity index (χ0) is 31.1. The Bertz CT molecular complexity index is 1290. The summed E-state index contributed by atoms with van der Waals surface area (Å²) < 4.78 is 5.58. The van der Waals surface area contributed by atoms with Crippen LogP contribution in [0.1, 0.15) is 56.1 Å². The van der Waals surface area contributed by atoms with Gasteiger partial charge < -0.3 is 24.5 Å². The van der Waals surface area contributed by atoms with Gasteiger partial charge in [0, 0.05) is 62.7 Å². The van der Waals surface area contributed by atoms with Gasteiger partial charge in [0.1, 0.15) is 12.2 Å². The molecule has 0 bridgehead atoms. The summed E-state index contributed by atoms with van der Waals surface area (Å²) in [6.45, 7) is 7.25. The van der Waals surface area contributed by atoms with Gasteiger partial charge in [0.05, 0.1) is 11.5 Å². The van der Waals surface area contributed by atoms with E-state index < -0.39 is 16.6 Å². The van der Waals surface area contributed by atoms with Crippen LogP contribution < -0.4 is 0 Å². The highest BCUT2D eigenvalue weighted by atomic mass is 16.6. The number of hydrogen-bond donors (Lipinski definition) is 1. The van der Waals surface area contributed by atoms with Crippen LogP contribution in [0.15, 0.2) is 67.3 Å². The maximum Gasteiger partial charge on any atom is 0.410 e. The van der Waals surface area contributed by atoms with E-state index in [9.17, 15) is 24.8 Å². The Hall–Kier alpha value is -3.76. The van der Waals surface area contributed by atoms with Crippen molar-refractivity contribution < 1.29 is 24.4 Å². The quantitative estimate of drug-likeness (QED) is 0.228. The molecule has 2 aliphatic heterocycles. The van der Waals surface area contributed by atoms with Crippen molar-refractivity contribution in [2.75, 3.05) is 39.3 Å². The van der Waals surface area contributed by atoms with Gasteiger partial charge in [-0.05, 0) is 48.9 Å². The van der Waals surface area contributed by atoms with E-state index >= 15 is 0 Å². The van der Waals surface area contributed by atoms with Crippen molar-refractivity contribution in [1.29, 1.82) is 0 Å². The minimum atomic E-state index is -1.11. The highest BCUT2D eigenvalue weighted by Gasteiger charge is 2.49. The molecule has 3 aliphatic rings. The molecule has 10 nitrogen and oxygen atoms in total. The van der Waals surface area contributed by atoms with E-state index in [-0.39, 0.29) is 36.1 Å². The van der Waals surface area contributed by atoms with Gasteiger partial charge in [0.2, 0.25) is 5.91 Å². The van der Waals surface area contributed by atoms with E-state index in [1.54, 1.807) is 23.1 Å². The summed E-state index contributed by atoms with van der Waals surface area (Å²) in [6, 6.07) is 15.7. The molecule has 44 heavy (non-hydrogen) atoms. The zero-order valence-corrected chi connectivity index (χ0v) is 25.4. The molecule has 2 amide bonds. The van der Waals surface area contributed by atoms with Crippen LogP contribution in [0, 0.1) is 22.0 Å². The molecule has 0 spiro atoms. The second-order valence-corrected chi connectivity index (χ2v) is 12.5. The van der Waals surface area contributed by atoms with E-state index in [1.165, 1.54) is 18.6 Å². The third kappa shape index (κ3) is 7.30. The first-order valence-electron chi connectivity index (χ1n) is 15.8. The first-order valence-corrected chi connectivity index (χ1v) is 15.8. The molecule has 1 N–H and O–H groups in total. The number of non-ortho nitro benzene ring substituents is 1. The number of benzene rings is 2. The number of ether oxygens (including phenoxy) is 1. The number of amides is 2. The normalized spacial score (nSPS) is 23.3. The molecule has 2 atom stereocenters. The first kappa shape index (κ1) is 31.7. The number of piperidine rings is 1. The SMILES string of the molecule is C=CCN(C(=O)OCc1ccc([N+](=O)[O-])cc1)C1CCN(C[C@@H]2CN(C(=O)C3CCCCC3)C[C@@]2(O)c2ccccc2)CC1. The van der Waals surface area contributed by atoms with Crippen molar-refractivity contribution in [2.24, 2.45) is 11.8 Å². The molecule has 1 aliphatic carbocycles. The molecule has 2 aromatic carbocycles. The number of rotatable bonds is 10. The minimum Gasteiger partial charge on any atom is -0.445 e. The molecule has 0 unspecified atom stereocenters. The maximum absolute atomic E-state index is 13.5. The average Bonchev–Trinajstić information content (AvgIpc) is 3.40. The van der Waals surface area contributed by atoms with E-state index in [1.807, 2.05) is 35.2 Å². The monoisotopic (exact) mass is 604 g/mol. The number of likely N-dealkylation sites (tertiary alicyclic amines) is 2. The molecule has 10 heteroatoms. The lowest BCUT2D eigenvalue weighted by molar-refractivity contribution is -0.384. The van der Waals surface area contributed by atoms with Crippen LogP contribution in [0.25, 0.3) is 0 Å². The van der Waals surface area contributed by atoms with Crippen molar-refractivity contribution in [2.45, 2.75) is 63.2 Å². The Labute approximate surface area is 259 Å². The number of aliphatic hydroxyl groups is 1. The summed E-state index contributed by atoms with van der Waals surface area (Å²) in [5, 5.41) is 23.0. The van der Waals surface area contributed by atoms with Gasteiger partial charge in [0.15, 0.2) is 0 Å². The number of carbonyl (C=O) groups excluding carboxylic acids is 2. The highest BCUT2D eigenvalue weighted by Crippen LogP contribution is 2.39. The number of carbonyl (C=O) groups is 2. The Kier molecular flexibility index (Phi) is 10.3. The maximum atomic E-state index is 13.5. The van der Waals surface area contributed by atoms with Crippen LogP contribution >= 0.6 is 0 Å². The fourth-order valence-electron chi connectivity index (χ4n) is 7.12. The predicted octanol–water partition coefficient (Wildman–Crippen LogP) is 5.11. The van der Waals surface area contributed by atoms with Crippen molar-refractivity contribution in [3.8, 4) is 0 Å². The molecule has 2 heterocycles. The lowest BCUT2D eigenvalue weighted by Crippen LogP contribution is -2.50. The lowest BCUT2D eigenvalue weighted by Gasteiger charge is -2.40. The molecular formula is C34H44N4O6. The van der Waals surface area contributed by atoms with Crippen molar-refractivity contribution in [1.82, 2.24) is 14.7 Å². The van der Waals surface area contributed by atoms with E-state index in [0.29, 0.717) is 31.7 Å². The van der Waals surface area contributed by atoms with E-state index in [4.69, 9.17) is 4.74 Å². The van der Waals surface area contributed by atoms with Crippen molar-refractivity contribution in [3.05, 3.63) is 88.5 Å². The molecule has 2 aromatic rings. The molecular weight excluding hydrogens is 560 g/mol. The van der Waals surface area contributed by atoms with Crippen LogP contribution in [-0.2, 0) is 21.7 Å².